The van der Waals surface area contributed by atoms with E-state index in [-0.39, 0.29) is 11.9 Å². The first-order valence-corrected chi connectivity index (χ1v) is 8.89. The minimum Gasteiger partial charge on any atom is -0.324 e. The Kier molecular flexibility index (Phi) is 5.31. The molecule has 0 radical (unpaired) electrons. The molecule has 1 atom stereocenters. The summed E-state index contributed by atoms with van der Waals surface area (Å²) in [6, 6.07) is 3.79. The third kappa shape index (κ3) is 4.35. The minimum absolute atomic E-state index is 0.0661. The van der Waals surface area contributed by atoms with Gasteiger partial charge in [0.1, 0.15) is 12.1 Å². The number of rotatable bonds is 4. The molecule has 0 spiro atoms. The van der Waals surface area contributed by atoms with Gasteiger partial charge in [-0.15, -0.1) is 0 Å². The molecular formula is C18H26N6O. The third-order valence-corrected chi connectivity index (χ3v) is 4.41. The second kappa shape index (κ2) is 7.63. The van der Waals surface area contributed by atoms with Crippen molar-refractivity contribution >= 4 is 11.8 Å². The van der Waals surface area contributed by atoms with E-state index in [1.807, 2.05) is 28.6 Å². The van der Waals surface area contributed by atoms with E-state index in [4.69, 9.17) is 0 Å². The predicted octanol–water partition coefficient (Wildman–Crippen LogP) is 3.05. The molecule has 0 aromatic carbocycles. The molecule has 1 N–H and O–H groups in total. The Balaban J connectivity index is 1.67. The number of urea groups is 1. The zero-order valence-corrected chi connectivity index (χ0v) is 15.1. The van der Waals surface area contributed by atoms with E-state index in [1.54, 1.807) is 12.5 Å². The van der Waals surface area contributed by atoms with Gasteiger partial charge in [0.2, 0.25) is 0 Å². The van der Waals surface area contributed by atoms with Gasteiger partial charge < -0.3 is 4.90 Å². The molecule has 3 heterocycles. The Hall–Kier alpha value is -2.44. The molecule has 1 aliphatic rings. The van der Waals surface area contributed by atoms with E-state index in [0.29, 0.717) is 12.5 Å². The molecule has 1 fully saturated rings. The zero-order chi connectivity index (χ0) is 17.8. The molecule has 1 aliphatic heterocycles. The Labute approximate surface area is 148 Å². The first-order chi connectivity index (χ1) is 12.0. The number of aryl methyl sites for hydroxylation is 1. The Morgan fingerprint density at radius 3 is 3.00 bits per heavy atom. The highest BCUT2D eigenvalue weighted by molar-refractivity contribution is 5.88. The average molecular weight is 342 g/mol. The van der Waals surface area contributed by atoms with Gasteiger partial charge in [0, 0.05) is 43.5 Å². The van der Waals surface area contributed by atoms with Crippen molar-refractivity contribution in [1.82, 2.24) is 24.6 Å². The second-order valence-electron chi connectivity index (χ2n) is 7.10. The standard InChI is InChI=1S/C18H26N6O/c1-13(2)10-24-17(9-14(3)22-24)21-18(25)23-8-4-5-15(11-23)16-6-7-19-12-20-16/h6-7,9,12-13,15H,4-5,8,10-11H2,1-3H3,(H,21,25). The summed E-state index contributed by atoms with van der Waals surface area (Å²) in [6.45, 7) is 8.45. The number of carbonyl (C=O) groups is 1. The van der Waals surface area contributed by atoms with E-state index in [0.717, 1.165) is 43.1 Å². The number of nitrogens with one attached hydrogen (secondary N) is 1. The van der Waals surface area contributed by atoms with Crippen LogP contribution in [0.15, 0.2) is 24.7 Å². The molecule has 0 aliphatic carbocycles. The summed E-state index contributed by atoms with van der Waals surface area (Å²) in [5, 5.41) is 7.51. The van der Waals surface area contributed by atoms with Gasteiger partial charge in [0.25, 0.3) is 0 Å². The van der Waals surface area contributed by atoms with Crippen LogP contribution < -0.4 is 5.32 Å². The van der Waals surface area contributed by atoms with E-state index < -0.39 is 0 Å². The Morgan fingerprint density at radius 1 is 1.44 bits per heavy atom. The molecule has 25 heavy (non-hydrogen) atoms. The highest BCUT2D eigenvalue weighted by Gasteiger charge is 2.26. The summed E-state index contributed by atoms with van der Waals surface area (Å²) in [4.78, 5) is 22.9. The normalized spacial score (nSPS) is 17.8. The molecule has 7 heteroatoms. The summed E-state index contributed by atoms with van der Waals surface area (Å²) < 4.78 is 1.88. The minimum atomic E-state index is -0.0661. The first-order valence-electron chi connectivity index (χ1n) is 8.89. The SMILES string of the molecule is Cc1cc(NC(=O)N2CCCC(c3ccncn3)C2)n(CC(C)C)n1. The molecule has 2 aromatic rings. The van der Waals surface area contributed by atoms with Crippen molar-refractivity contribution in [3.8, 4) is 0 Å². The maximum Gasteiger partial charge on any atom is 0.323 e. The van der Waals surface area contributed by atoms with E-state index in [9.17, 15) is 4.79 Å². The van der Waals surface area contributed by atoms with Crippen LogP contribution in [0.3, 0.4) is 0 Å². The van der Waals surface area contributed by atoms with Crippen LogP contribution in [0.1, 0.15) is 44.0 Å². The van der Waals surface area contributed by atoms with Gasteiger partial charge in [-0.1, -0.05) is 13.8 Å². The number of anilines is 1. The molecule has 2 amide bonds. The maximum atomic E-state index is 12.7. The zero-order valence-electron chi connectivity index (χ0n) is 15.1. The van der Waals surface area contributed by atoms with Gasteiger partial charge in [-0.25, -0.2) is 19.4 Å². The topological polar surface area (TPSA) is 75.9 Å². The van der Waals surface area contributed by atoms with Crippen molar-refractivity contribution < 1.29 is 4.79 Å². The summed E-state index contributed by atoms with van der Waals surface area (Å²) in [5.41, 5.74) is 1.92. The van der Waals surface area contributed by atoms with Crippen LogP contribution in [0.5, 0.6) is 0 Å². The Bertz CT molecular complexity index is 712. The molecule has 134 valence electrons. The number of hydrogen-bond acceptors (Lipinski definition) is 4. The first kappa shape index (κ1) is 17.4. The van der Waals surface area contributed by atoms with Gasteiger partial charge in [-0.2, -0.15) is 5.10 Å². The smallest absolute Gasteiger partial charge is 0.323 e. The van der Waals surface area contributed by atoms with Gasteiger partial charge in [0.15, 0.2) is 0 Å². The third-order valence-electron chi connectivity index (χ3n) is 4.41. The number of hydrogen-bond donors (Lipinski definition) is 1. The number of likely N-dealkylation sites (tertiary alicyclic amines) is 1. The lowest BCUT2D eigenvalue weighted by Crippen LogP contribution is -2.42. The van der Waals surface area contributed by atoms with Crippen LogP contribution in [0.4, 0.5) is 10.6 Å². The van der Waals surface area contributed by atoms with Gasteiger partial charge in [0.05, 0.1) is 5.69 Å². The molecule has 1 saturated heterocycles. The molecule has 3 rings (SSSR count). The van der Waals surface area contributed by atoms with Crippen molar-refractivity contribution in [2.75, 3.05) is 18.4 Å². The van der Waals surface area contributed by atoms with Crippen molar-refractivity contribution in [2.45, 2.75) is 46.1 Å². The largest absolute Gasteiger partial charge is 0.324 e. The summed E-state index contributed by atoms with van der Waals surface area (Å²) in [5.74, 6) is 1.50. The predicted molar refractivity (Wildman–Crippen MR) is 96.4 cm³/mol. The van der Waals surface area contributed by atoms with E-state index in [1.165, 1.54) is 0 Å². The van der Waals surface area contributed by atoms with Crippen LogP contribution in [0.25, 0.3) is 0 Å². The number of nitrogens with zero attached hydrogens (tertiary/aromatic N) is 5. The molecule has 0 bridgehead atoms. The highest BCUT2D eigenvalue weighted by Crippen LogP contribution is 2.25. The van der Waals surface area contributed by atoms with Crippen LogP contribution in [-0.4, -0.2) is 43.8 Å². The van der Waals surface area contributed by atoms with Crippen LogP contribution >= 0.6 is 0 Å². The summed E-state index contributed by atoms with van der Waals surface area (Å²) in [6.07, 6.45) is 5.35. The van der Waals surface area contributed by atoms with E-state index >= 15 is 0 Å². The lowest BCUT2D eigenvalue weighted by molar-refractivity contribution is 0.192. The van der Waals surface area contributed by atoms with Gasteiger partial charge >= 0.3 is 6.03 Å². The fourth-order valence-electron chi connectivity index (χ4n) is 3.27. The molecule has 2 aromatic heterocycles. The Morgan fingerprint density at radius 2 is 2.28 bits per heavy atom. The maximum absolute atomic E-state index is 12.7. The fourth-order valence-corrected chi connectivity index (χ4v) is 3.27. The average Bonchev–Trinajstić information content (AvgIpc) is 2.94. The monoisotopic (exact) mass is 342 g/mol. The molecule has 7 nitrogen and oxygen atoms in total. The van der Waals surface area contributed by atoms with Crippen LogP contribution in [0, 0.1) is 12.8 Å². The molecule has 0 saturated carbocycles. The second-order valence-corrected chi connectivity index (χ2v) is 7.10. The fraction of sp³-hybridized carbons (Fsp3) is 0.556. The van der Waals surface area contributed by atoms with Crippen molar-refractivity contribution in [3.63, 3.8) is 0 Å². The van der Waals surface area contributed by atoms with Crippen molar-refractivity contribution in [3.05, 3.63) is 36.0 Å². The van der Waals surface area contributed by atoms with Gasteiger partial charge in [-0.05, 0) is 31.7 Å². The number of amides is 2. The quantitative estimate of drug-likeness (QED) is 0.926. The summed E-state index contributed by atoms with van der Waals surface area (Å²) >= 11 is 0. The number of carbonyl (C=O) groups excluding carboxylic acids is 1. The lowest BCUT2D eigenvalue weighted by atomic mass is 9.95. The summed E-state index contributed by atoms with van der Waals surface area (Å²) in [7, 11) is 0. The molecular weight excluding hydrogens is 316 g/mol. The number of aromatic nitrogens is 4. The van der Waals surface area contributed by atoms with Crippen molar-refractivity contribution in [1.29, 1.82) is 0 Å². The van der Waals surface area contributed by atoms with Crippen molar-refractivity contribution in [2.24, 2.45) is 5.92 Å². The van der Waals surface area contributed by atoms with Crippen LogP contribution in [0.2, 0.25) is 0 Å². The van der Waals surface area contributed by atoms with E-state index in [2.05, 4.69) is 34.2 Å². The number of piperidine rings is 1. The highest BCUT2D eigenvalue weighted by atomic mass is 16.2. The van der Waals surface area contributed by atoms with Gasteiger partial charge in [-0.3, -0.25) is 5.32 Å². The van der Waals surface area contributed by atoms with Crippen LogP contribution in [-0.2, 0) is 6.54 Å². The lowest BCUT2D eigenvalue weighted by Gasteiger charge is -2.32. The molecule has 1 unspecified atom stereocenters.